The van der Waals surface area contributed by atoms with Gasteiger partial charge in [-0.2, -0.15) is 4.31 Å². The summed E-state index contributed by atoms with van der Waals surface area (Å²) < 4.78 is 26.9. The summed E-state index contributed by atoms with van der Waals surface area (Å²) >= 11 is 1.28. The second-order valence-corrected chi connectivity index (χ2v) is 8.38. The predicted octanol–water partition coefficient (Wildman–Crippen LogP) is 2.54. The van der Waals surface area contributed by atoms with Crippen LogP contribution in [0.4, 0.5) is 0 Å². The van der Waals surface area contributed by atoms with Crippen molar-refractivity contribution in [1.29, 1.82) is 0 Å². The summed E-state index contributed by atoms with van der Waals surface area (Å²) in [6.07, 6.45) is 0. The average molecular weight is 305 g/mol. The molecule has 1 aromatic rings. The fourth-order valence-corrected chi connectivity index (χ4v) is 4.93. The van der Waals surface area contributed by atoms with Crippen molar-refractivity contribution < 1.29 is 13.5 Å². The van der Waals surface area contributed by atoms with Crippen LogP contribution in [-0.4, -0.2) is 30.9 Å². The quantitative estimate of drug-likeness (QED) is 0.842. The van der Waals surface area contributed by atoms with Gasteiger partial charge in [0.25, 0.3) is 0 Å². The second kappa shape index (κ2) is 6.83. The summed E-state index contributed by atoms with van der Waals surface area (Å²) in [7, 11) is -3.51. The average Bonchev–Trinajstić information content (AvgIpc) is 2.75. The molecule has 0 aliphatic heterocycles. The lowest BCUT2D eigenvalue weighted by molar-refractivity contribution is 0.281. The molecule has 0 atom stereocenters. The molecule has 1 aromatic heterocycles. The molecule has 6 heteroatoms. The van der Waals surface area contributed by atoms with Crippen LogP contribution >= 0.6 is 11.3 Å². The molecule has 0 aliphatic rings. The van der Waals surface area contributed by atoms with Gasteiger partial charge in [0, 0.05) is 18.0 Å². The van der Waals surface area contributed by atoms with E-state index in [1.807, 2.05) is 27.7 Å². The number of hydrogen-bond acceptors (Lipinski definition) is 4. The van der Waals surface area contributed by atoms with Gasteiger partial charge in [-0.3, -0.25) is 0 Å². The minimum atomic E-state index is -3.51. The van der Waals surface area contributed by atoms with E-state index in [0.29, 0.717) is 18.0 Å². The number of aliphatic hydroxyl groups excluding tert-OH is 1. The van der Waals surface area contributed by atoms with Gasteiger partial charge in [-0.25, -0.2) is 8.42 Å². The summed E-state index contributed by atoms with van der Waals surface area (Å²) in [4.78, 5) is 0.763. The van der Waals surface area contributed by atoms with Crippen LogP contribution < -0.4 is 0 Å². The highest BCUT2D eigenvalue weighted by atomic mass is 32.2. The summed E-state index contributed by atoms with van der Waals surface area (Å²) in [6, 6.07) is 1.58. The minimum Gasteiger partial charge on any atom is -0.391 e. The van der Waals surface area contributed by atoms with E-state index in [2.05, 4.69) is 0 Å². The highest BCUT2D eigenvalue weighted by molar-refractivity contribution is 7.89. The van der Waals surface area contributed by atoms with Crippen molar-refractivity contribution in [2.24, 2.45) is 11.8 Å². The Bertz CT molecular complexity index is 482. The number of rotatable bonds is 7. The van der Waals surface area contributed by atoms with Crippen molar-refractivity contribution >= 4 is 21.4 Å². The van der Waals surface area contributed by atoms with E-state index in [4.69, 9.17) is 0 Å². The van der Waals surface area contributed by atoms with Gasteiger partial charge in [0.05, 0.1) is 11.5 Å². The molecule has 1 N–H and O–H groups in total. The lowest BCUT2D eigenvalue weighted by Gasteiger charge is -2.25. The highest BCUT2D eigenvalue weighted by Gasteiger charge is 2.28. The maximum absolute atomic E-state index is 12.7. The van der Waals surface area contributed by atoms with Crippen molar-refractivity contribution in [3.8, 4) is 0 Å². The number of thiophene rings is 1. The third-order valence-corrected chi connectivity index (χ3v) is 5.55. The number of aliphatic hydroxyl groups is 1. The number of sulfonamides is 1. The summed E-state index contributed by atoms with van der Waals surface area (Å²) in [5.41, 5.74) is 0. The molecule has 110 valence electrons. The van der Waals surface area contributed by atoms with Crippen LogP contribution in [0.5, 0.6) is 0 Å². The first-order chi connectivity index (χ1) is 8.78. The van der Waals surface area contributed by atoms with Gasteiger partial charge < -0.3 is 5.11 Å². The first-order valence-corrected chi connectivity index (χ1v) is 8.78. The fraction of sp³-hybridized carbons (Fsp3) is 0.692. The molecular weight excluding hydrogens is 282 g/mol. The number of nitrogens with zero attached hydrogens (tertiary/aromatic N) is 1. The Morgan fingerprint density at radius 3 is 2.16 bits per heavy atom. The van der Waals surface area contributed by atoms with Gasteiger partial charge in [0.1, 0.15) is 0 Å². The molecule has 1 rings (SSSR count). The molecule has 4 nitrogen and oxygen atoms in total. The summed E-state index contributed by atoms with van der Waals surface area (Å²) in [5, 5.41) is 11.0. The van der Waals surface area contributed by atoms with E-state index in [1.54, 1.807) is 11.4 Å². The van der Waals surface area contributed by atoms with Crippen LogP contribution in [0.2, 0.25) is 0 Å². The zero-order chi connectivity index (χ0) is 14.6. The zero-order valence-corrected chi connectivity index (χ0v) is 13.6. The standard InChI is InChI=1S/C13H23NO3S2/c1-10(2)7-14(8-11(3)4)19(16,17)13-5-6-18-12(13)9-15/h5-6,10-11,15H,7-9H2,1-4H3. The molecule has 0 saturated heterocycles. The summed E-state index contributed by atoms with van der Waals surface area (Å²) in [6.45, 7) is 8.78. The normalized spacial score (nSPS) is 12.8. The van der Waals surface area contributed by atoms with Crippen LogP contribution in [0.15, 0.2) is 16.3 Å². The van der Waals surface area contributed by atoms with E-state index in [0.717, 1.165) is 0 Å². The molecule has 0 aliphatic carbocycles. The van der Waals surface area contributed by atoms with Crippen LogP contribution in [0.3, 0.4) is 0 Å². The molecule has 0 unspecified atom stereocenters. The van der Waals surface area contributed by atoms with Crippen LogP contribution in [0, 0.1) is 11.8 Å². The maximum Gasteiger partial charge on any atom is 0.244 e. The monoisotopic (exact) mass is 305 g/mol. The maximum atomic E-state index is 12.7. The molecule has 0 spiro atoms. The Morgan fingerprint density at radius 1 is 1.21 bits per heavy atom. The Hall–Kier alpha value is -0.430. The van der Waals surface area contributed by atoms with Gasteiger partial charge >= 0.3 is 0 Å². The van der Waals surface area contributed by atoms with Crippen molar-refractivity contribution in [2.45, 2.75) is 39.2 Å². The number of hydrogen-bond donors (Lipinski definition) is 1. The van der Waals surface area contributed by atoms with E-state index < -0.39 is 10.0 Å². The van der Waals surface area contributed by atoms with Crippen LogP contribution in [0.1, 0.15) is 32.6 Å². The van der Waals surface area contributed by atoms with Gasteiger partial charge in [0.2, 0.25) is 10.0 Å². The lowest BCUT2D eigenvalue weighted by atomic mass is 10.2. The van der Waals surface area contributed by atoms with Gasteiger partial charge in [-0.1, -0.05) is 27.7 Å². The molecule has 0 fully saturated rings. The van der Waals surface area contributed by atoms with E-state index >= 15 is 0 Å². The largest absolute Gasteiger partial charge is 0.391 e. The molecule has 0 bridgehead atoms. The predicted molar refractivity (Wildman–Crippen MR) is 78.7 cm³/mol. The van der Waals surface area contributed by atoms with Crippen molar-refractivity contribution in [3.63, 3.8) is 0 Å². The molecule has 0 saturated carbocycles. The van der Waals surface area contributed by atoms with Crippen molar-refractivity contribution in [2.75, 3.05) is 13.1 Å². The van der Waals surface area contributed by atoms with Gasteiger partial charge in [-0.05, 0) is 23.3 Å². The minimum absolute atomic E-state index is 0.233. The van der Waals surface area contributed by atoms with Gasteiger partial charge in [-0.15, -0.1) is 11.3 Å². The Balaban J connectivity index is 3.11. The molecular formula is C13H23NO3S2. The molecule has 1 heterocycles. The first kappa shape index (κ1) is 16.6. The Morgan fingerprint density at radius 2 is 1.74 bits per heavy atom. The Labute approximate surface area is 120 Å². The molecule has 0 aromatic carbocycles. The molecule has 19 heavy (non-hydrogen) atoms. The van der Waals surface area contributed by atoms with Crippen molar-refractivity contribution in [3.05, 3.63) is 16.3 Å². The van der Waals surface area contributed by atoms with E-state index in [1.165, 1.54) is 15.6 Å². The summed E-state index contributed by atoms with van der Waals surface area (Å²) in [5.74, 6) is 0.537. The van der Waals surface area contributed by atoms with Gasteiger partial charge in [0.15, 0.2) is 0 Å². The second-order valence-electron chi connectivity index (χ2n) is 5.48. The smallest absolute Gasteiger partial charge is 0.244 e. The highest BCUT2D eigenvalue weighted by Crippen LogP contribution is 2.26. The van der Waals surface area contributed by atoms with Crippen LogP contribution in [-0.2, 0) is 16.6 Å². The topological polar surface area (TPSA) is 57.6 Å². The third kappa shape index (κ3) is 4.27. The SMILES string of the molecule is CC(C)CN(CC(C)C)S(=O)(=O)c1ccsc1CO. The molecule has 0 radical (unpaired) electrons. The third-order valence-electron chi connectivity index (χ3n) is 2.60. The Kier molecular flexibility index (Phi) is 5.98. The van der Waals surface area contributed by atoms with Crippen LogP contribution in [0.25, 0.3) is 0 Å². The molecule has 0 amide bonds. The zero-order valence-electron chi connectivity index (χ0n) is 12.0. The first-order valence-electron chi connectivity index (χ1n) is 6.46. The fourth-order valence-electron chi connectivity index (χ4n) is 1.90. The lowest BCUT2D eigenvalue weighted by Crippen LogP contribution is -2.37. The van der Waals surface area contributed by atoms with Crippen molar-refractivity contribution in [1.82, 2.24) is 4.31 Å². The van der Waals surface area contributed by atoms with E-state index in [-0.39, 0.29) is 23.3 Å². The van der Waals surface area contributed by atoms with E-state index in [9.17, 15) is 13.5 Å².